The van der Waals surface area contributed by atoms with Crippen LogP contribution in [0.25, 0.3) is 0 Å². The third-order valence-corrected chi connectivity index (χ3v) is 6.37. The fourth-order valence-electron chi connectivity index (χ4n) is 4.82. The van der Waals surface area contributed by atoms with Gasteiger partial charge in [0.2, 0.25) is 0 Å². The predicted molar refractivity (Wildman–Crippen MR) is 108 cm³/mol. The molecular formula is C23H28N2O3. The molecule has 0 radical (unpaired) electrons. The second kappa shape index (κ2) is 6.57. The van der Waals surface area contributed by atoms with Crippen LogP contribution in [0.15, 0.2) is 39.9 Å². The summed E-state index contributed by atoms with van der Waals surface area (Å²) in [5.41, 5.74) is 1.78. The zero-order valence-electron chi connectivity index (χ0n) is 16.9. The first kappa shape index (κ1) is 17.7. The van der Waals surface area contributed by atoms with Gasteiger partial charge in [-0.05, 0) is 50.8 Å². The molecule has 28 heavy (non-hydrogen) atoms. The highest BCUT2D eigenvalue weighted by molar-refractivity contribution is 5.99. The Kier molecular flexibility index (Phi) is 4.14. The lowest BCUT2D eigenvalue weighted by Gasteiger charge is -2.50. The summed E-state index contributed by atoms with van der Waals surface area (Å²) in [5.74, 6) is 4.27. The van der Waals surface area contributed by atoms with Gasteiger partial charge in [-0.25, -0.2) is 5.01 Å². The zero-order valence-corrected chi connectivity index (χ0v) is 16.9. The van der Waals surface area contributed by atoms with Gasteiger partial charge in [0.1, 0.15) is 17.2 Å². The van der Waals surface area contributed by atoms with Crippen LogP contribution in [0.2, 0.25) is 0 Å². The van der Waals surface area contributed by atoms with Crippen LogP contribution in [0.5, 0.6) is 11.5 Å². The Morgan fingerprint density at radius 3 is 2.75 bits per heavy atom. The number of fused-ring (bicyclic) bond motifs is 4. The van der Waals surface area contributed by atoms with Gasteiger partial charge in [-0.2, -0.15) is 5.10 Å². The maximum absolute atomic E-state index is 6.76. The number of hydrogen-bond acceptors (Lipinski definition) is 5. The topological polar surface area (TPSA) is 47.2 Å². The lowest BCUT2D eigenvalue weighted by atomic mass is 9.82. The molecule has 1 saturated carbocycles. The lowest BCUT2D eigenvalue weighted by Crippen LogP contribution is -2.55. The van der Waals surface area contributed by atoms with Crippen molar-refractivity contribution >= 4 is 5.71 Å². The van der Waals surface area contributed by atoms with Crippen LogP contribution < -0.4 is 9.47 Å². The number of benzene rings is 1. The van der Waals surface area contributed by atoms with Crippen LogP contribution in [0, 0.1) is 12.8 Å². The molecule has 148 valence electrons. The van der Waals surface area contributed by atoms with E-state index in [4.69, 9.17) is 19.0 Å². The lowest BCUT2D eigenvalue weighted by molar-refractivity contribution is -0.146. The van der Waals surface area contributed by atoms with E-state index in [2.05, 4.69) is 24.1 Å². The van der Waals surface area contributed by atoms with Gasteiger partial charge in [-0.15, -0.1) is 0 Å². The van der Waals surface area contributed by atoms with Gasteiger partial charge in [0.25, 0.3) is 0 Å². The van der Waals surface area contributed by atoms with Gasteiger partial charge in [-0.3, -0.25) is 0 Å². The van der Waals surface area contributed by atoms with Gasteiger partial charge in [0.05, 0.1) is 12.6 Å². The molecule has 0 bridgehead atoms. The Labute approximate surface area is 166 Å². The first-order chi connectivity index (χ1) is 13.6. The summed E-state index contributed by atoms with van der Waals surface area (Å²) in [4.78, 5) is 0. The van der Waals surface area contributed by atoms with Crippen molar-refractivity contribution in [3.63, 3.8) is 0 Å². The molecule has 0 amide bonds. The van der Waals surface area contributed by atoms with Crippen LogP contribution in [0.1, 0.15) is 69.1 Å². The van der Waals surface area contributed by atoms with E-state index in [1.54, 1.807) is 0 Å². The minimum atomic E-state index is -0.388. The van der Waals surface area contributed by atoms with Gasteiger partial charge in [0.15, 0.2) is 17.2 Å². The van der Waals surface area contributed by atoms with E-state index in [0.29, 0.717) is 6.61 Å². The Hall–Kier alpha value is -2.43. The molecule has 1 aromatic carbocycles. The summed E-state index contributed by atoms with van der Waals surface area (Å²) in [6, 6.07) is 10.4. The number of para-hydroxylation sites is 1. The van der Waals surface area contributed by atoms with Crippen LogP contribution >= 0.6 is 0 Å². The Bertz CT molecular complexity index is 908. The average molecular weight is 380 g/mol. The van der Waals surface area contributed by atoms with E-state index in [-0.39, 0.29) is 11.8 Å². The van der Waals surface area contributed by atoms with Crippen LogP contribution in [0.3, 0.4) is 0 Å². The highest BCUT2D eigenvalue weighted by Gasteiger charge is 2.52. The fourth-order valence-corrected chi connectivity index (χ4v) is 4.82. The van der Waals surface area contributed by atoms with Gasteiger partial charge in [-0.1, -0.05) is 19.1 Å². The highest BCUT2D eigenvalue weighted by atomic mass is 16.6. The molecule has 0 N–H and O–H groups in total. The number of furan rings is 1. The molecule has 3 aliphatic rings. The molecule has 3 heterocycles. The number of ether oxygens (including phenoxy) is 2. The maximum atomic E-state index is 6.76. The first-order valence-electron chi connectivity index (χ1n) is 10.5. The minimum Gasteiger partial charge on any atom is -0.490 e. The smallest absolute Gasteiger partial charge is 0.198 e. The quantitative estimate of drug-likeness (QED) is 0.712. The molecule has 5 rings (SSSR count). The van der Waals surface area contributed by atoms with Crippen LogP contribution in [-0.4, -0.2) is 23.1 Å². The van der Waals surface area contributed by atoms with Crippen molar-refractivity contribution in [1.82, 2.24) is 5.01 Å². The van der Waals surface area contributed by atoms with Crippen LogP contribution in [-0.2, 0) is 0 Å². The van der Waals surface area contributed by atoms with Crippen molar-refractivity contribution in [2.24, 2.45) is 11.0 Å². The largest absolute Gasteiger partial charge is 0.490 e. The molecule has 1 unspecified atom stereocenters. The van der Waals surface area contributed by atoms with E-state index >= 15 is 0 Å². The molecule has 1 spiro atoms. The predicted octanol–water partition coefficient (Wildman–Crippen LogP) is 5.44. The highest BCUT2D eigenvalue weighted by Crippen LogP contribution is 2.54. The van der Waals surface area contributed by atoms with Crippen molar-refractivity contribution < 1.29 is 13.9 Å². The average Bonchev–Trinajstić information content (AvgIpc) is 3.32. The van der Waals surface area contributed by atoms with E-state index in [1.807, 2.05) is 32.0 Å². The number of hydrazone groups is 1. The number of rotatable bonds is 3. The number of nitrogens with zero attached hydrogens (tertiary/aromatic N) is 2. The number of aryl methyl sites for hydroxylation is 1. The van der Waals surface area contributed by atoms with Crippen LogP contribution in [0.4, 0.5) is 0 Å². The Morgan fingerprint density at radius 1 is 1.21 bits per heavy atom. The molecule has 0 saturated heterocycles. The second-order valence-corrected chi connectivity index (χ2v) is 8.36. The minimum absolute atomic E-state index is 0.165. The van der Waals surface area contributed by atoms with E-state index < -0.39 is 0 Å². The summed E-state index contributed by atoms with van der Waals surface area (Å²) in [5, 5.41) is 7.30. The molecule has 5 heteroatoms. The standard InChI is InChI=1S/C23H28N2O3/c1-4-26-21-7-5-6-17-19-14-18(20-9-8-16(3)27-20)24-25(19)23(28-22(17)21)12-10-15(2)11-13-23/h5-9,15,19H,4,10-14H2,1-3H3. The van der Waals surface area contributed by atoms with Gasteiger partial charge >= 0.3 is 0 Å². The SMILES string of the molecule is CCOc1cccc2c1OC1(CCC(C)CC1)N1N=C(c3ccc(C)o3)CC21. The van der Waals surface area contributed by atoms with Gasteiger partial charge < -0.3 is 13.9 Å². The summed E-state index contributed by atoms with van der Waals surface area (Å²) in [6.07, 6.45) is 5.10. The number of hydrogen-bond donors (Lipinski definition) is 0. The third-order valence-electron chi connectivity index (χ3n) is 6.37. The Balaban J connectivity index is 1.59. The molecule has 2 aliphatic heterocycles. The second-order valence-electron chi connectivity index (χ2n) is 8.36. The maximum Gasteiger partial charge on any atom is 0.198 e. The third kappa shape index (κ3) is 2.71. The molecule has 1 atom stereocenters. The van der Waals surface area contributed by atoms with E-state index in [1.165, 1.54) is 0 Å². The zero-order chi connectivity index (χ0) is 19.3. The van der Waals surface area contributed by atoms with E-state index in [0.717, 1.165) is 72.3 Å². The first-order valence-corrected chi connectivity index (χ1v) is 10.5. The van der Waals surface area contributed by atoms with Gasteiger partial charge in [0, 0.05) is 24.8 Å². The summed E-state index contributed by atoms with van der Waals surface area (Å²) < 4.78 is 18.6. The summed E-state index contributed by atoms with van der Waals surface area (Å²) in [6.45, 7) is 6.95. The molecular weight excluding hydrogens is 352 g/mol. The van der Waals surface area contributed by atoms with Crippen molar-refractivity contribution in [2.45, 2.75) is 64.6 Å². The molecule has 5 nitrogen and oxygen atoms in total. The van der Waals surface area contributed by atoms with Crippen molar-refractivity contribution in [3.05, 3.63) is 47.4 Å². The molecule has 2 aromatic rings. The molecule has 1 aromatic heterocycles. The van der Waals surface area contributed by atoms with Crippen molar-refractivity contribution in [2.75, 3.05) is 6.61 Å². The molecule has 1 fully saturated rings. The van der Waals surface area contributed by atoms with E-state index in [9.17, 15) is 0 Å². The Morgan fingerprint density at radius 2 is 2.04 bits per heavy atom. The fraction of sp³-hybridized carbons (Fsp3) is 0.522. The summed E-state index contributed by atoms with van der Waals surface area (Å²) >= 11 is 0. The van der Waals surface area contributed by atoms with Crippen molar-refractivity contribution in [3.8, 4) is 11.5 Å². The monoisotopic (exact) mass is 380 g/mol. The van der Waals surface area contributed by atoms with Crippen molar-refractivity contribution in [1.29, 1.82) is 0 Å². The normalized spacial score (nSPS) is 28.5. The summed E-state index contributed by atoms with van der Waals surface area (Å²) in [7, 11) is 0. The molecule has 1 aliphatic carbocycles.